The van der Waals surface area contributed by atoms with Crippen LogP contribution in [0.15, 0.2) is 0 Å². The highest BCUT2D eigenvalue weighted by Crippen LogP contribution is 2.51. The third-order valence-electron chi connectivity index (χ3n) is 1.36. The van der Waals surface area contributed by atoms with Crippen molar-refractivity contribution < 1.29 is 47.7 Å². The van der Waals surface area contributed by atoms with Gasteiger partial charge in [-0.2, -0.15) is 34.8 Å². The summed E-state index contributed by atoms with van der Waals surface area (Å²) in [4.78, 5) is 0. The molecule has 0 heterocycles. The summed E-state index contributed by atoms with van der Waals surface area (Å²) in [7, 11) is -9.76. The average molecular weight is 331 g/mol. The second-order valence-corrected chi connectivity index (χ2v) is 6.59. The Balaban J connectivity index is 6.10. The summed E-state index contributed by atoms with van der Waals surface area (Å²) in [5.74, 6) is -6.96. The number of alkyl halides is 6. The van der Waals surface area contributed by atoms with E-state index in [1.807, 2.05) is 0 Å². The zero-order valence-corrected chi connectivity index (χ0v) is 9.43. The molecule has 0 amide bonds. The van der Waals surface area contributed by atoms with Crippen molar-refractivity contribution in [3.63, 3.8) is 0 Å². The summed E-state index contributed by atoms with van der Waals surface area (Å²) in [6.45, 7) is 0. The normalized spacial score (nSPS) is 16.0. The average Bonchev–Trinajstić information content (AvgIpc) is 1.98. The molecule has 0 bridgehead atoms. The minimum absolute atomic E-state index is 3.80. The highest BCUT2D eigenvalue weighted by atomic mass is 35.7. The largest absolute Gasteiger partial charge is 0.439 e. The van der Waals surface area contributed by atoms with E-state index in [-0.39, 0.29) is 0 Å². The van der Waals surface area contributed by atoms with Gasteiger partial charge in [0.05, 0.1) is 0 Å². The van der Waals surface area contributed by atoms with Gasteiger partial charge in [0.25, 0.3) is 0 Å². The first-order chi connectivity index (χ1) is 7.00. The first kappa shape index (κ1) is 16.7. The lowest BCUT2D eigenvalue weighted by Gasteiger charge is -2.28. The molecule has 0 saturated heterocycles. The van der Waals surface area contributed by atoms with Crippen LogP contribution >= 0.6 is 10.7 Å². The molecule has 0 aromatic carbocycles. The lowest BCUT2D eigenvalue weighted by molar-refractivity contribution is -0.244. The first-order valence-electron chi connectivity index (χ1n) is 3.05. The van der Waals surface area contributed by atoms with Gasteiger partial charge >= 0.3 is 35.6 Å². The highest BCUT2D eigenvalue weighted by Gasteiger charge is 2.81. The standard InChI is InChI=1S/C3HClF6O5S2/c4-16(11,12)2(7,8)1(5,6)3(9,10)17(13,14)15/h(H,13,14,15). The van der Waals surface area contributed by atoms with E-state index in [1.54, 1.807) is 0 Å². The van der Waals surface area contributed by atoms with Gasteiger partial charge in [-0.05, 0) is 0 Å². The van der Waals surface area contributed by atoms with Gasteiger partial charge in [-0.25, -0.2) is 8.42 Å². The molecule has 0 saturated carbocycles. The van der Waals surface area contributed by atoms with Crippen molar-refractivity contribution in [2.45, 2.75) is 16.4 Å². The van der Waals surface area contributed by atoms with Crippen molar-refractivity contribution >= 4 is 29.9 Å². The molecule has 14 heteroatoms. The number of rotatable bonds is 4. The van der Waals surface area contributed by atoms with Gasteiger partial charge in [0.1, 0.15) is 0 Å². The number of hydrogen-bond donors (Lipinski definition) is 1. The monoisotopic (exact) mass is 330 g/mol. The van der Waals surface area contributed by atoms with Crippen LogP contribution in [-0.2, 0) is 19.2 Å². The van der Waals surface area contributed by atoms with E-state index >= 15 is 0 Å². The quantitative estimate of drug-likeness (QED) is 0.476. The summed E-state index contributed by atoms with van der Waals surface area (Å²) < 4.78 is 122. The van der Waals surface area contributed by atoms with Crippen LogP contribution in [0.3, 0.4) is 0 Å². The molecule has 0 atom stereocenters. The van der Waals surface area contributed by atoms with Gasteiger partial charge in [0.15, 0.2) is 0 Å². The molecule has 104 valence electrons. The second kappa shape index (κ2) is 3.86. The van der Waals surface area contributed by atoms with Gasteiger partial charge in [0.2, 0.25) is 0 Å². The molecule has 0 aliphatic heterocycles. The molecule has 0 aliphatic carbocycles. The van der Waals surface area contributed by atoms with Crippen molar-refractivity contribution in [3.05, 3.63) is 0 Å². The van der Waals surface area contributed by atoms with Gasteiger partial charge in [0, 0.05) is 10.7 Å². The first-order valence-corrected chi connectivity index (χ1v) is 6.80. The van der Waals surface area contributed by atoms with Crippen molar-refractivity contribution in [2.75, 3.05) is 0 Å². The van der Waals surface area contributed by atoms with Crippen LogP contribution in [0, 0.1) is 0 Å². The molecule has 0 rings (SSSR count). The number of hydrogen-bond acceptors (Lipinski definition) is 4. The smallest absolute Gasteiger partial charge is 0.281 e. The van der Waals surface area contributed by atoms with E-state index in [2.05, 4.69) is 10.7 Å². The third-order valence-corrected chi connectivity index (χ3v) is 3.72. The van der Waals surface area contributed by atoms with Gasteiger partial charge in [-0.3, -0.25) is 4.55 Å². The Morgan fingerprint density at radius 1 is 0.824 bits per heavy atom. The molecule has 0 radical (unpaired) electrons. The molecular weight excluding hydrogens is 330 g/mol. The Hall–Kier alpha value is -0.270. The van der Waals surface area contributed by atoms with Crippen LogP contribution in [0.1, 0.15) is 0 Å². The minimum Gasteiger partial charge on any atom is -0.281 e. The maximum Gasteiger partial charge on any atom is 0.439 e. The molecule has 0 unspecified atom stereocenters. The molecule has 0 aromatic heterocycles. The Morgan fingerprint density at radius 2 is 1.12 bits per heavy atom. The van der Waals surface area contributed by atoms with E-state index < -0.39 is 35.6 Å². The maximum atomic E-state index is 12.5. The predicted molar refractivity (Wildman–Crippen MR) is 41.2 cm³/mol. The van der Waals surface area contributed by atoms with E-state index in [4.69, 9.17) is 4.55 Å². The topological polar surface area (TPSA) is 88.5 Å². The molecule has 1 N–H and O–H groups in total. The van der Waals surface area contributed by atoms with Crippen LogP contribution in [0.25, 0.3) is 0 Å². The zero-order chi connectivity index (χ0) is 14.5. The van der Waals surface area contributed by atoms with Crippen molar-refractivity contribution in [2.24, 2.45) is 0 Å². The SMILES string of the molecule is O=S(=O)(O)C(F)(F)C(F)(F)C(F)(F)S(=O)(=O)Cl. The van der Waals surface area contributed by atoms with Crippen LogP contribution in [0.5, 0.6) is 0 Å². The lowest BCUT2D eigenvalue weighted by Crippen LogP contribution is -2.59. The Labute approximate surface area is 94.5 Å². The molecule has 0 aliphatic rings. The van der Waals surface area contributed by atoms with Gasteiger partial charge < -0.3 is 0 Å². The molecule has 17 heavy (non-hydrogen) atoms. The Bertz CT molecular complexity index is 462. The fourth-order valence-corrected chi connectivity index (χ4v) is 1.73. The van der Waals surface area contributed by atoms with Crippen molar-refractivity contribution in [3.8, 4) is 0 Å². The van der Waals surface area contributed by atoms with Crippen LogP contribution in [0.2, 0.25) is 0 Å². The van der Waals surface area contributed by atoms with E-state index in [9.17, 15) is 43.2 Å². The zero-order valence-electron chi connectivity index (χ0n) is 7.04. The molecular formula is C3HClF6O5S2. The summed E-state index contributed by atoms with van der Waals surface area (Å²) in [5, 5.41) is -13.4. The number of halogens is 7. The summed E-state index contributed by atoms with van der Waals surface area (Å²) in [6.07, 6.45) is 0. The molecule has 0 aromatic rings. The molecule has 0 spiro atoms. The van der Waals surface area contributed by atoms with Gasteiger partial charge in [-0.1, -0.05) is 0 Å². The fourth-order valence-electron chi connectivity index (χ4n) is 0.485. The van der Waals surface area contributed by atoms with Crippen molar-refractivity contribution in [1.82, 2.24) is 0 Å². The van der Waals surface area contributed by atoms with E-state index in [1.165, 1.54) is 0 Å². The van der Waals surface area contributed by atoms with Crippen molar-refractivity contribution in [1.29, 1.82) is 0 Å². The fraction of sp³-hybridized carbons (Fsp3) is 1.00. The third kappa shape index (κ3) is 2.32. The summed E-state index contributed by atoms with van der Waals surface area (Å²) in [6, 6.07) is 0. The lowest BCUT2D eigenvalue weighted by atomic mass is 10.3. The minimum atomic E-state index is -6.99. The summed E-state index contributed by atoms with van der Waals surface area (Å²) in [5.41, 5.74) is 0. The van der Waals surface area contributed by atoms with Crippen LogP contribution < -0.4 is 0 Å². The highest BCUT2D eigenvalue weighted by molar-refractivity contribution is 8.14. The van der Waals surface area contributed by atoms with Crippen LogP contribution in [-0.4, -0.2) is 37.8 Å². The van der Waals surface area contributed by atoms with E-state index in [0.29, 0.717) is 0 Å². The van der Waals surface area contributed by atoms with Crippen LogP contribution in [0.4, 0.5) is 26.3 Å². The summed E-state index contributed by atoms with van der Waals surface area (Å²) >= 11 is 0. The predicted octanol–water partition coefficient (Wildman–Crippen LogP) is 1.26. The Kier molecular flexibility index (Phi) is 3.80. The van der Waals surface area contributed by atoms with Gasteiger partial charge in [-0.15, -0.1) is 0 Å². The maximum absolute atomic E-state index is 12.5. The Morgan fingerprint density at radius 3 is 1.29 bits per heavy atom. The molecule has 0 fully saturated rings. The second-order valence-electron chi connectivity index (χ2n) is 2.52. The molecule has 5 nitrogen and oxygen atoms in total. The van der Waals surface area contributed by atoms with E-state index in [0.717, 1.165) is 0 Å².